The molecule has 0 aromatic carbocycles. The number of H-pyrrole nitrogens is 1. The molecule has 4 nitrogen and oxygen atoms in total. The second-order valence-corrected chi connectivity index (χ2v) is 4.02. The largest absolute Gasteiger partial charge is 0.493 e. The molecule has 0 radical (unpaired) electrons. The average molecular weight is 250 g/mol. The molecule has 0 unspecified atom stereocenters. The molecule has 17 heavy (non-hydrogen) atoms. The van der Waals surface area contributed by atoms with E-state index in [1.54, 1.807) is 13.8 Å². The van der Waals surface area contributed by atoms with Gasteiger partial charge in [0.1, 0.15) is 5.82 Å². The smallest absolute Gasteiger partial charge is 0.389 e. The number of rotatable bonds is 3. The molecule has 0 saturated carbocycles. The van der Waals surface area contributed by atoms with Gasteiger partial charge in [0.25, 0.3) is 5.56 Å². The van der Waals surface area contributed by atoms with Crippen LogP contribution in [-0.4, -0.2) is 21.3 Å². The molecule has 7 heteroatoms. The number of nitrogens with zero attached hydrogens (tertiary/aromatic N) is 1. The lowest BCUT2D eigenvalue weighted by atomic mass is 10.1. The van der Waals surface area contributed by atoms with Gasteiger partial charge in [0.15, 0.2) is 0 Å². The Morgan fingerprint density at radius 1 is 1.41 bits per heavy atom. The molecule has 1 heterocycles. The van der Waals surface area contributed by atoms with Gasteiger partial charge in [-0.2, -0.15) is 13.2 Å². The molecule has 0 saturated heterocycles. The molecule has 0 aliphatic rings. The summed E-state index contributed by atoms with van der Waals surface area (Å²) in [6, 6.07) is 0. The van der Waals surface area contributed by atoms with Gasteiger partial charge in [0.2, 0.25) is 5.88 Å². The fourth-order valence-electron chi connectivity index (χ4n) is 1.41. The number of halogens is 3. The molecule has 1 aromatic heterocycles. The van der Waals surface area contributed by atoms with Crippen molar-refractivity contribution in [3.05, 3.63) is 21.7 Å². The monoisotopic (exact) mass is 250 g/mol. The third-order valence-electron chi connectivity index (χ3n) is 2.21. The predicted octanol–water partition coefficient (Wildman–Crippen LogP) is 2.09. The quantitative estimate of drug-likeness (QED) is 0.863. The number of aromatic hydroxyl groups is 1. The van der Waals surface area contributed by atoms with Gasteiger partial charge in [-0.25, -0.2) is 4.98 Å². The maximum Gasteiger partial charge on any atom is 0.389 e. The number of hydrogen-bond acceptors (Lipinski definition) is 3. The number of nitrogens with one attached hydrogen (secondary N) is 1. The van der Waals surface area contributed by atoms with E-state index < -0.39 is 30.5 Å². The van der Waals surface area contributed by atoms with E-state index in [1.165, 1.54) is 0 Å². The van der Waals surface area contributed by atoms with E-state index in [1.807, 2.05) is 0 Å². The lowest BCUT2D eigenvalue weighted by Gasteiger charge is -2.09. The van der Waals surface area contributed by atoms with E-state index in [-0.39, 0.29) is 17.3 Å². The third kappa shape index (κ3) is 3.76. The van der Waals surface area contributed by atoms with Crippen LogP contribution in [0.2, 0.25) is 0 Å². The van der Waals surface area contributed by atoms with Crippen LogP contribution in [0.25, 0.3) is 0 Å². The van der Waals surface area contributed by atoms with Crippen LogP contribution in [0.3, 0.4) is 0 Å². The average Bonchev–Trinajstić information content (AvgIpc) is 2.11. The van der Waals surface area contributed by atoms with Crippen molar-refractivity contribution in [2.24, 2.45) is 0 Å². The zero-order valence-corrected chi connectivity index (χ0v) is 9.43. The molecular formula is C10H13F3N2O2. The number of aromatic nitrogens is 2. The first kappa shape index (κ1) is 13.5. The standard InChI is InChI=1S/C10H13F3N2O2/c1-5(2)7-8(16)14-6(15-9(7)17)3-4-10(11,12)13/h5H,3-4H2,1-2H3,(H2,14,15,16,17). The van der Waals surface area contributed by atoms with Crippen LogP contribution in [-0.2, 0) is 6.42 Å². The number of aromatic amines is 1. The zero-order chi connectivity index (χ0) is 13.2. The molecule has 1 aromatic rings. The Balaban J connectivity index is 2.96. The highest BCUT2D eigenvalue weighted by Gasteiger charge is 2.27. The van der Waals surface area contributed by atoms with Crippen LogP contribution in [0.1, 0.15) is 37.6 Å². The molecule has 2 N–H and O–H groups in total. The van der Waals surface area contributed by atoms with Crippen molar-refractivity contribution in [3.8, 4) is 5.88 Å². The van der Waals surface area contributed by atoms with Gasteiger partial charge < -0.3 is 10.1 Å². The van der Waals surface area contributed by atoms with Crippen molar-refractivity contribution in [3.63, 3.8) is 0 Å². The second-order valence-electron chi connectivity index (χ2n) is 4.02. The highest BCUT2D eigenvalue weighted by Crippen LogP contribution is 2.22. The Kier molecular flexibility index (Phi) is 3.79. The topological polar surface area (TPSA) is 66.0 Å². The summed E-state index contributed by atoms with van der Waals surface area (Å²) >= 11 is 0. The normalized spacial score (nSPS) is 12.1. The zero-order valence-electron chi connectivity index (χ0n) is 9.43. The molecule has 0 fully saturated rings. The SMILES string of the molecule is CC(C)c1c(O)nc(CCC(F)(F)F)[nH]c1=O. The second kappa shape index (κ2) is 4.77. The van der Waals surface area contributed by atoms with Gasteiger partial charge in [-0.3, -0.25) is 4.79 Å². The summed E-state index contributed by atoms with van der Waals surface area (Å²) in [5.41, 5.74) is -0.509. The summed E-state index contributed by atoms with van der Waals surface area (Å²) in [6.07, 6.45) is -5.86. The van der Waals surface area contributed by atoms with E-state index in [0.717, 1.165) is 0 Å². The van der Waals surface area contributed by atoms with Crippen molar-refractivity contribution in [1.82, 2.24) is 9.97 Å². The van der Waals surface area contributed by atoms with E-state index in [2.05, 4.69) is 9.97 Å². The summed E-state index contributed by atoms with van der Waals surface area (Å²) in [5.74, 6) is -0.905. The van der Waals surface area contributed by atoms with Gasteiger partial charge in [0.05, 0.1) is 12.0 Å². The molecule has 0 amide bonds. The van der Waals surface area contributed by atoms with Crippen LogP contribution in [0.5, 0.6) is 5.88 Å². The Bertz CT molecular complexity index is 452. The van der Waals surface area contributed by atoms with Crippen molar-refractivity contribution in [1.29, 1.82) is 0 Å². The number of alkyl halides is 3. The van der Waals surface area contributed by atoms with E-state index in [4.69, 9.17) is 0 Å². The lowest BCUT2D eigenvalue weighted by molar-refractivity contribution is -0.134. The van der Waals surface area contributed by atoms with Gasteiger partial charge >= 0.3 is 6.18 Å². The van der Waals surface area contributed by atoms with E-state index in [9.17, 15) is 23.1 Å². The van der Waals surface area contributed by atoms with Gasteiger partial charge in [-0.15, -0.1) is 0 Å². The predicted molar refractivity (Wildman–Crippen MR) is 55.0 cm³/mol. The summed E-state index contributed by atoms with van der Waals surface area (Å²) in [6.45, 7) is 3.36. The first-order valence-corrected chi connectivity index (χ1v) is 5.09. The third-order valence-corrected chi connectivity index (χ3v) is 2.21. The number of aryl methyl sites for hydroxylation is 1. The van der Waals surface area contributed by atoms with E-state index in [0.29, 0.717) is 0 Å². The molecular weight excluding hydrogens is 237 g/mol. The maximum absolute atomic E-state index is 12.0. The summed E-state index contributed by atoms with van der Waals surface area (Å²) in [4.78, 5) is 17.3. The Hall–Kier alpha value is -1.53. The molecule has 0 spiro atoms. The Morgan fingerprint density at radius 2 is 2.00 bits per heavy atom. The Morgan fingerprint density at radius 3 is 2.41 bits per heavy atom. The van der Waals surface area contributed by atoms with Crippen LogP contribution in [0.15, 0.2) is 4.79 Å². The summed E-state index contributed by atoms with van der Waals surface area (Å²) in [5, 5.41) is 9.46. The Labute approximate surface area is 95.5 Å². The minimum atomic E-state index is -4.31. The van der Waals surface area contributed by atoms with E-state index >= 15 is 0 Å². The van der Waals surface area contributed by atoms with Gasteiger partial charge in [-0.05, 0) is 5.92 Å². The number of hydrogen-bond donors (Lipinski definition) is 2. The van der Waals surface area contributed by atoms with Crippen molar-refractivity contribution in [2.75, 3.05) is 0 Å². The maximum atomic E-state index is 12.0. The van der Waals surface area contributed by atoms with Crippen LogP contribution < -0.4 is 5.56 Å². The van der Waals surface area contributed by atoms with Crippen LogP contribution >= 0.6 is 0 Å². The molecule has 96 valence electrons. The molecule has 0 bridgehead atoms. The van der Waals surface area contributed by atoms with Crippen LogP contribution in [0.4, 0.5) is 13.2 Å². The van der Waals surface area contributed by atoms with Gasteiger partial charge in [0, 0.05) is 6.42 Å². The first-order chi connectivity index (χ1) is 7.70. The van der Waals surface area contributed by atoms with Crippen molar-refractivity contribution in [2.45, 2.75) is 38.8 Å². The minimum Gasteiger partial charge on any atom is -0.493 e. The molecule has 0 aliphatic carbocycles. The minimum absolute atomic E-state index is 0.0840. The molecule has 0 aliphatic heterocycles. The lowest BCUT2D eigenvalue weighted by Crippen LogP contribution is -2.19. The van der Waals surface area contributed by atoms with Gasteiger partial charge in [-0.1, -0.05) is 13.8 Å². The molecule has 0 atom stereocenters. The summed E-state index contributed by atoms with van der Waals surface area (Å²) < 4.78 is 35.9. The fraction of sp³-hybridized carbons (Fsp3) is 0.600. The highest BCUT2D eigenvalue weighted by atomic mass is 19.4. The van der Waals surface area contributed by atoms with Crippen molar-refractivity contribution < 1.29 is 18.3 Å². The molecule has 1 rings (SSSR count). The summed E-state index contributed by atoms with van der Waals surface area (Å²) in [7, 11) is 0. The fourth-order valence-corrected chi connectivity index (χ4v) is 1.41. The first-order valence-electron chi connectivity index (χ1n) is 5.09. The highest BCUT2D eigenvalue weighted by molar-refractivity contribution is 5.25. The van der Waals surface area contributed by atoms with Crippen molar-refractivity contribution >= 4 is 0 Å². The van der Waals surface area contributed by atoms with Crippen LogP contribution in [0, 0.1) is 0 Å².